The summed E-state index contributed by atoms with van der Waals surface area (Å²) in [6.45, 7) is -0.409. The number of aldehydes is 1. The maximum absolute atomic E-state index is 11.3. The first kappa shape index (κ1) is 13.3. The molecule has 1 rings (SSSR count). The standard InChI is InChI=1S/C11H11NO4S/c13-9-8-12-17(15,16)11(14)7-6-10-4-2-1-3-5-10/h1-7,9,12H,8H2. The average molecular weight is 253 g/mol. The molecule has 1 N–H and O–H groups in total. The third-order valence-corrected chi connectivity index (χ3v) is 3.05. The van der Waals surface area contributed by atoms with Gasteiger partial charge < -0.3 is 4.79 Å². The summed E-state index contributed by atoms with van der Waals surface area (Å²) in [5.74, 6) is 0. The van der Waals surface area contributed by atoms with Gasteiger partial charge in [-0.05, 0) is 11.6 Å². The Kier molecular flexibility index (Phi) is 4.74. The molecule has 90 valence electrons. The summed E-state index contributed by atoms with van der Waals surface area (Å²) in [6, 6.07) is 8.80. The molecule has 0 aliphatic heterocycles. The van der Waals surface area contributed by atoms with Crippen LogP contribution >= 0.6 is 0 Å². The van der Waals surface area contributed by atoms with E-state index in [9.17, 15) is 18.0 Å². The van der Waals surface area contributed by atoms with E-state index in [1.54, 1.807) is 24.3 Å². The van der Waals surface area contributed by atoms with Gasteiger partial charge in [0.05, 0.1) is 6.54 Å². The fraction of sp³-hybridized carbons (Fsp3) is 0.0909. The van der Waals surface area contributed by atoms with Crippen LogP contribution < -0.4 is 4.72 Å². The Hall–Kier alpha value is -1.79. The molecule has 0 amide bonds. The Morgan fingerprint density at radius 2 is 1.88 bits per heavy atom. The Morgan fingerprint density at radius 1 is 1.24 bits per heavy atom. The van der Waals surface area contributed by atoms with E-state index < -0.39 is 21.7 Å². The van der Waals surface area contributed by atoms with Crippen molar-refractivity contribution >= 4 is 27.5 Å². The van der Waals surface area contributed by atoms with Crippen LogP contribution in [0.5, 0.6) is 0 Å². The van der Waals surface area contributed by atoms with Gasteiger partial charge in [0.1, 0.15) is 6.29 Å². The van der Waals surface area contributed by atoms with Crippen molar-refractivity contribution in [2.24, 2.45) is 0 Å². The highest BCUT2D eigenvalue weighted by Crippen LogP contribution is 2.02. The van der Waals surface area contributed by atoms with Crippen LogP contribution in [0.4, 0.5) is 0 Å². The van der Waals surface area contributed by atoms with Crippen molar-refractivity contribution in [2.75, 3.05) is 6.54 Å². The SMILES string of the molecule is O=CCNS(=O)(=O)C(=O)C=Cc1ccccc1. The van der Waals surface area contributed by atoms with Crippen LogP contribution in [0.2, 0.25) is 0 Å². The molecule has 0 aliphatic carbocycles. The van der Waals surface area contributed by atoms with Gasteiger partial charge in [0.15, 0.2) is 0 Å². The van der Waals surface area contributed by atoms with E-state index >= 15 is 0 Å². The molecule has 17 heavy (non-hydrogen) atoms. The number of nitrogens with one attached hydrogen (secondary N) is 1. The van der Waals surface area contributed by atoms with Gasteiger partial charge >= 0.3 is 0 Å². The minimum atomic E-state index is -4.10. The quantitative estimate of drug-likeness (QED) is 0.606. The molecule has 1 aromatic rings. The summed E-state index contributed by atoms with van der Waals surface area (Å²) in [4.78, 5) is 21.3. The first-order valence-corrected chi connectivity index (χ1v) is 6.25. The van der Waals surface area contributed by atoms with Gasteiger partial charge in [0.2, 0.25) is 0 Å². The zero-order valence-corrected chi connectivity index (χ0v) is 9.68. The number of sulfonamides is 1. The second kappa shape index (κ2) is 6.07. The smallest absolute Gasteiger partial charge is 0.284 e. The number of hydrogen-bond donors (Lipinski definition) is 1. The normalized spacial score (nSPS) is 11.5. The van der Waals surface area contributed by atoms with Crippen molar-refractivity contribution < 1.29 is 18.0 Å². The monoisotopic (exact) mass is 253 g/mol. The predicted molar refractivity (Wildman–Crippen MR) is 63.5 cm³/mol. The Morgan fingerprint density at radius 3 is 2.47 bits per heavy atom. The molecule has 0 aromatic heterocycles. The van der Waals surface area contributed by atoms with Gasteiger partial charge in [0.25, 0.3) is 15.1 Å². The second-order valence-corrected chi connectivity index (χ2v) is 4.78. The topological polar surface area (TPSA) is 80.3 Å². The van der Waals surface area contributed by atoms with Crippen LogP contribution in [0.15, 0.2) is 36.4 Å². The van der Waals surface area contributed by atoms with E-state index in [1.807, 2.05) is 10.8 Å². The summed E-state index contributed by atoms with van der Waals surface area (Å²) in [7, 11) is -4.10. The van der Waals surface area contributed by atoms with E-state index in [0.29, 0.717) is 11.8 Å². The summed E-state index contributed by atoms with van der Waals surface area (Å²) >= 11 is 0. The molecule has 6 heteroatoms. The maximum Gasteiger partial charge on any atom is 0.284 e. The molecular weight excluding hydrogens is 242 g/mol. The zero-order chi connectivity index (χ0) is 12.7. The van der Waals surface area contributed by atoms with Crippen molar-refractivity contribution in [1.29, 1.82) is 0 Å². The lowest BCUT2D eigenvalue weighted by Gasteiger charge is -1.98. The van der Waals surface area contributed by atoms with Gasteiger partial charge in [-0.15, -0.1) is 0 Å². The number of rotatable bonds is 5. The minimum absolute atomic E-state index is 0.367. The van der Waals surface area contributed by atoms with E-state index in [2.05, 4.69) is 0 Å². The molecule has 0 aliphatic rings. The Labute approximate surface area is 99.2 Å². The number of carbonyl (C=O) groups is 2. The number of benzene rings is 1. The van der Waals surface area contributed by atoms with Gasteiger partial charge in [0, 0.05) is 0 Å². The molecule has 0 atom stereocenters. The van der Waals surface area contributed by atoms with E-state index in [-0.39, 0.29) is 0 Å². The average Bonchev–Trinajstić information content (AvgIpc) is 2.34. The van der Waals surface area contributed by atoms with Gasteiger partial charge in [-0.3, -0.25) is 4.79 Å². The number of hydrogen-bond acceptors (Lipinski definition) is 4. The zero-order valence-electron chi connectivity index (χ0n) is 8.87. The van der Waals surface area contributed by atoms with Gasteiger partial charge in [-0.25, -0.2) is 13.1 Å². The van der Waals surface area contributed by atoms with Crippen LogP contribution in [0.3, 0.4) is 0 Å². The summed E-state index contributed by atoms with van der Waals surface area (Å²) in [6.07, 6.45) is 2.71. The van der Waals surface area contributed by atoms with E-state index in [4.69, 9.17) is 0 Å². The summed E-state index contributed by atoms with van der Waals surface area (Å²) in [5.41, 5.74) is 0.714. The van der Waals surface area contributed by atoms with Gasteiger partial charge in [-0.2, -0.15) is 0 Å². The molecule has 0 bridgehead atoms. The third-order valence-electron chi connectivity index (χ3n) is 1.83. The van der Waals surface area contributed by atoms with Crippen LogP contribution in [0.25, 0.3) is 6.08 Å². The largest absolute Gasteiger partial charge is 0.302 e. The minimum Gasteiger partial charge on any atom is -0.302 e. The summed E-state index contributed by atoms with van der Waals surface area (Å²) < 4.78 is 24.3. The van der Waals surface area contributed by atoms with Crippen molar-refractivity contribution in [2.45, 2.75) is 0 Å². The lowest BCUT2D eigenvalue weighted by atomic mass is 10.2. The molecule has 5 nitrogen and oxygen atoms in total. The third kappa shape index (κ3) is 4.29. The van der Waals surface area contributed by atoms with Crippen molar-refractivity contribution in [3.05, 3.63) is 42.0 Å². The fourth-order valence-electron chi connectivity index (χ4n) is 1.03. The van der Waals surface area contributed by atoms with Crippen LogP contribution in [-0.4, -0.2) is 26.4 Å². The molecule has 0 spiro atoms. The Balaban J connectivity index is 2.73. The van der Waals surface area contributed by atoms with Gasteiger partial charge in [-0.1, -0.05) is 36.4 Å². The van der Waals surface area contributed by atoms with Crippen LogP contribution in [0, 0.1) is 0 Å². The first-order valence-electron chi connectivity index (χ1n) is 4.76. The highest BCUT2D eigenvalue weighted by molar-refractivity contribution is 8.04. The molecular formula is C11H11NO4S. The Bertz CT molecular complexity index is 520. The molecule has 1 aromatic carbocycles. The lowest BCUT2D eigenvalue weighted by Crippen LogP contribution is -2.31. The van der Waals surface area contributed by atoms with Crippen molar-refractivity contribution in [3.8, 4) is 0 Å². The molecule has 0 saturated carbocycles. The highest BCUT2D eigenvalue weighted by atomic mass is 32.2. The summed E-state index contributed by atoms with van der Waals surface area (Å²) in [5, 5.41) is -1.08. The predicted octanol–water partition coefficient (Wildman–Crippen LogP) is 0.345. The van der Waals surface area contributed by atoms with E-state index in [0.717, 1.165) is 6.08 Å². The molecule has 0 heterocycles. The van der Waals surface area contributed by atoms with Crippen molar-refractivity contribution in [1.82, 2.24) is 4.72 Å². The number of carbonyl (C=O) groups excluding carboxylic acids is 2. The lowest BCUT2D eigenvalue weighted by molar-refractivity contribution is -0.107. The molecule has 0 fully saturated rings. The highest BCUT2D eigenvalue weighted by Gasteiger charge is 2.17. The van der Waals surface area contributed by atoms with E-state index in [1.165, 1.54) is 6.08 Å². The maximum atomic E-state index is 11.3. The van der Waals surface area contributed by atoms with Crippen molar-refractivity contribution in [3.63, 3.8) is 0 Å². The fourth-order valence-corrected chi connectivity index (χ4v) is 1.71. The first-order chi connectivity index (χ1) is 8.06. The van der Waals surface area contributed by atoms with Crippen LogP contribution in [-0.2, 0) is 19.6 Å². The molecule has 0 saturated heterocycles. The molecule has 0 radical (unpaired) electrons. The second-order valence-electron chi connectivity index (χ2n) is 3.08. The molecule has 0 unspecified atom stereocenters. The van der Waals surface area contributed by atoms with Crippen LogP contribution in [0.1, 0.15) is 5.56 Å².